The summed E-state index contributed by atoms with van der Waals surface area (Å²) in [7, 11) is 0. The van der Waals surface area contributed by atoms with Crippen molar-refractivity contribution < 1.29 is 9.90 Å². The molecule has 0 atom stereocenters. The maximum Gasteiger partial charge on any atom is 0.337 e. The number of aromatic nitrogens is 1. The molecule has 1 N–H and O–H groups in total. The highest BCUT2D eigenvalue weighted by Crippen LogP contribution is 2.26. The summed E-state index contributed by atoms with van der Waals surface area (Å²) in [6.07, 6.45) is 2.65. The number of fused-ring (bicyclic) bond motifs is 1. The van der Waals surface area contributed by atoms with Crippen LogP contribution < -0.4 is 0 Å². The predicted octanol–water partition coefficient (Wildman–Crippen LogP) is 3.48. The average molecular weight is 231 g/mol. The number of aryl methyl sites for hydroxylation is 1. The van der Waals surface area contributed by atoms with Crippen molar-refractivity contribution in [2.45, 2.75) is 33.2 Å². The molecule has 17 heavy (non-hydrogen) atoms. The summed E-state index contributed by atoms with van der Waals surface area (Å²) in [5.41, 5.74) is 2.56. The molecule has 90 valence electrons. The summed E-state index contributed by atoms with van der Waals surface area (Å²) >= 11 is 0. The van der Waals surface area contributed by atoms with Gasteiger partial charge in [0.25, 0.3) is 0 Å². The maximum atomic E-state index is 11.2. The lowest BCUT2D eigenvalue weighted by atomic mass is 10.1. The minimum absolute atomic E-state index is 0.262. The van der Waals surface area contributed by atoms with Crippen molar-refractivity contribution in [2.75, 3.05) is 0 Å². The van der Waals surface area contributed by atoms with Crippen molar-refractivity contribution in [2.24, 2.45) is 0 Å². The summed E-state index contributed by atoms with van der Waals surface area (Å²) in [4.78, 5) is 11.2. The highest BCUT2D eigenvalue weighted by molar-refractivity contribution is 6.03. The van der Waals surface area contributed by atoms with Gasteiger partial charge in [-0.25, -0.2) is 4.79 Å². The van der Waals surface area contributed by atoms with E-state index >= 15 is 0 Å². The second-order valence-corrected chi connectivity index (χ2v) is 4.55. The van der Waals surface area contributed by atoms with Crippen molar-refractivity contribution in [3.05, 3.63) is 35.5 Å². The smallest absolute Gasteiger partial charge is 0.337 e. The van der Waals surface area contributed by atoms with Crippen molar-refractivity contribution in [3.8, 4) is 0 Å². The van der Waals surface area contributed by atoms with Gasteiger partial charge in [0.2, 0.25) is 0 Å². The van der Waals surface area contributed by atoms with E-state index in [1.54, 1.807) is 6.20 Å². The van der Waals surface area contributed by atoms with Crippen LogP contribution in [0.2, 0.25) is 0 Å². The van der Waals surface area contributed by atoms with Crippen LogP contribution in [-0.2, 0) is 6.42 Å². The fraction of sp³-hybridized carbons (Fsp3) is 0.357. The van der Waals surface area contributed by atoms with Gasteiger partial charge in [-0.1, -0.05) is 13.0 Å². The topological polar surface area (TPSA) is 42.2 Å². The highest BCUT2D eigenvalue weighted by Gasteiger charge is 2.15. The Hall–Kier alpha value is -1.77. The Morgan fingerprint density at radius 1 is 1.41 bits per heavy atom. The molecule has 0 spiro atoms. The normalized spacial score (nSPS) is 11.3. The average Bonchev–Trinajstić information content (AvgIpc) is 2.67. The molecule has 0 unspecified atom stereocenters. The fourth-order valence-electron chi connectivity index (χ4n) is 2.12. The molecular weight excluding hydrogens is 214 g/mol. The third-order valence-corrected chi connectivity index (χ3v) is 3.09. The Morgan fingerprint density at radius 2 is 2.12 bits per heavy atom. The van der Waals surface area contributed by atoms with E-state index in [1.807, 2.05) is 16.7 Å². The molecule has 1 aromatic heterocycles. The molecule has 2 aromatic rings. The number of nitrogens with zero attached hydrogens (tertiary/aromatic N) is 1. The molecule has 3 heteroatoms. The number of benzene rings is 1. The molecule has 0 aliphatic carbocycles. The van der Waals surface area contributed by atoms with Gasteiger partial charge in [0.05, 0.1) is 5.56 Å². The highest BCUT2D eigenvalue weighted by atomic mass is 16.4. The molecule has 1 aromatic carbocycles. The first-order valence-corrected chi connectivity index (χ1v) is 5.91. The van der Waals surface area contributed by atoms with Crippen LogP contribution in [0.3, 0.4) is 0 Å². The Labute approximate surface area is 101 Å². The van der Waals surface area contributed by atoms with E-state index in [0.717, 1.165) is 17.3 Å². The monoisotopic (exact) mass is 231 g/mol. The standard InChI is InChI=1S/C14H17NO2/c1-4-10-5-6-13-11(7-10)12(14(16)17)8-15(13)9(2)3/h5-9H,4H2,1-3H3,(H,16,17). The zero-order valence-corrected chi connectivity index (χ0v) is 10.4. The first kappa shape index (κ1) is 11.7. The number of rotatable bonds is 3. The summed E-state index contributed by atoms with van der Waals surface area (Å²) in [5, 5.41) is 10.1. The van der Waals surface area contributed by atoms with Crippen LogP contribution in [0.1, 0.15) is 42.7 Å². The van der Waals surface area contributed by atoms with Gasteiger partial charge in [-0.2, -0.15) is 0 Å². The first-order chi connectivity index (χ1) is 8.04. The van der Waals surface area contributed by atoms with E-state index in [2.05, 4.69) is 26.8 Å². The predicted molar refractivity (Wildman–Crippen MR) is 68.7 cm³/mol. The third-order valence-electron chi connectivity index (χ3n) is 3.09. The lowest BCUT2D eigenvalue weighted by Gasteiger charge is -2.09. The Bertz CT molecular complexity index is 567. The van der Waals surface area contributed by atoms with Crippen LogP contribution >= 0.6 is 0 Å². The first-order valence-electron chi connectivity index (χ1n) is 5.91. The maximum absolute atomic E-state index is 11.2. The van der Waals surface area contributed by atoms with Crippen LogP contribution in [0, 0.1) is 0 Å². The molecule has 0 saturated heterocycles. The van der Waals surface area contributed by atoms with Crippen LogP contribution in [0.4, 0.5) is 0 Å². The zero-order valence-electron chi connectivity index (χ0n) is 10.4. The number of aromatic carboxylic acids is 1. The van der Waals surface area contributed by atoms with E-state index in [-0.39, 0.29) is 6.04 Å². The van der Waals surface area contributed by atoms with Crippen LogP contribution in [0.15, 0.2) is 24.4 Å². The second kappa shape index (κ2) is 4.24. The van der Waals surface area contributed by atoms with E-state index in [9.17, 15) is 9.90 Å². The largest absolute Gasteiger partial charge is 0.478 e. The van der Waals surface area contributed by atoms with Crippen LogP contribution in [0.25, 0.3) is 10.9 Å². The zero-order chi connectivity index (χ0) is 12.6. The van der Waals surface area contributed by atoms with Gasteiger partial charge >= 0.3 is 5.97 Å². The quantitative estimate of drug-likeness (QED) is 0.878. The van der Waals surface area contributed by atoms with E-state index < -0.39 is 5.97 Å². The number of hydrogen-bond acceptors (Lipinski definition) is 1. The van der Waals surface area contributed by atoms with Gasteiger partial charge < -0.3 is 9.67 Å². The third kappa shape index (κ3) is 1.93. The lowest BCUT2D eigenvalue weighted by Crippen LogP contribution is -1.99. The van der Waals surface area contributed by atoms with E-state index in [1.165, 1.54) is 5.56 Å². The molecule has 0 radical (unpaired) electrons. The van der Waals surface area contributed by atoms with Gasteiger partial charge in [-0.3, -0.25) is 0 Å². The fourth-order valence-corrected chi connectivity index (χ4v) is 2.12. The van der Waals surface area contributed by atoms with Crippen molar-refractivity contribution >= 4 is 16.9 Å². The second-order valence-electron chi connectivity index (χ2n) is 4.55. The van der Waals surface area contributed by atoms with Gasteiger partial charge in [0.15, 0.2) is 0 Å². The summed E-state index contributed by atoms with van der Waals surface area (Å²) < 4.78 is 2.01. The van der Waals surface area contributed by atoms with Crippen molar-refractivity contribution in [1.29, 1.82) is 0 Å². The van der Waals surface area contributed by atoms with E-state index in [4.69, 9.17) is 0 Å². The van der Waals surface area contributed by atoms with Gasteiger partial charge in [-0.05, 0) is 38.0 Å². The Morgan fingerprint density at radius 3 is 2.65 bits per heavy atom. The minimum atomic E-state index is -0.859. The number of carboxylic acids is 1. The number of hydrogen-bond donors (Lipinski definition) is 1. The van der Waals surface area contributed by atoms with Crippen LogP contribution in [-0.4, -0.2) is 15.6 Å². The molecule has 3 nitrogen and oxygen atoms in total. The summed E-state index contributed by atoms with van der Waals surface area (Å²) in [5.74, 6) is -0.859. The van der Waals surface area contributed by atoms with Gasteiger partial charge in [0.1, 0.15) is 0 Å². The Kier molecular flexibility index (Phi) is 2.92. The molecule has 0 bridgehead atoms. The van der Waals surface area contributed by atoms with Crippen molar-refractivity contribution in [1.82, 2.24) is 4.57 Å². The van der Waals surface area contributed by atoms with Crippen molar-refractivity contribution in [3.63, 3.8) is 0 Å². The summed E-state index contributed by atoms with van der Waals surface area (Å²) in [6.45, 7) is 6.18. The molecule has 0 saturated carbocycles. The van der Waals surface area contributed by atoms with Gasteiger partial charge in [-0.15, -0.1) is 0 Å². The lowest BCUT2D eigenvalue weighted by molar-refractivity contribution is 0.0699. The van der Waals surface area contributed by atoms with Gasteiger partial charge in [0, 0.05) is 23.1 Å². The molecule has 0 fully saturated rings. The molecule has 0 amide bonds. The van der Waals surface area contributed by atoms with E-state index in [0.29, 0.717) is 5.56 Å². The molecule has 0 aliphatic heterocycles. The molecule has 0 aliphatic rings. The molecular formula is C14H17NO2. The number of carbonyl (C=O) groups is 1. The molecule has 2 rings (SSSR count). The Balaban J connectivity index is 2.76. The minimum Gasteiger partial charge on any atom is -0.478 e. The molecule has 1 heterocycles. The van der Waals surface area contributed by atoms with Crippen LogP contribution in [0.5, 0.6) is 0 Å². The SMILES string of the molecule is CCc1ccc2c(c1)c(C(=O)O)cn2C(C)C. The number of carboxylic acid groups (broad SMARTS) is 1. The summed E-state index contributed by atoms with van der Waals surface area (Å²) in [6, 6.07) is 6.32.